The number of aromatic nitrogens is 3. The van der Waals surface area contributed by atoms with Crippen LogP contribution in [0.5, 0.6) is 0 Å². The van der Waals surface area contributed by atoms with Crippen molar-refractivity contribution in [3.63, 3.8) is 0 Å². The molecule has 8 heteroatoms. The van der Waals surface area contributed by atoms with Gasteiger partial charge in [-0.05, 0) is 18.7 Å². The Labute approximate surface area is 152 Å². The summed E-state index contributed by atoms with van der Waals surface area (Å²) < 4.78 is 27.7. The van der Waals surface area contributed by atoms with Gasteiger partial charge in [-0.1, -0.05) is 24.3 Å². The number of fused-ring (bicyclic) bond motifs is 1. The fourth-order valence-electron chi connectivity index (χ4n) is 3.43. The van der Waals surface area contributed by atoms with Gasteiger partial charge in [0.25, 0.3) is 0 Å². The van der Waals surface area contributed by atoms with Crippen molar-refractivity contribution in [1.29, 1.82) is 0 Å². The van der Waals surface area contributed by atoms with E-state index in [1.165, 1.54) is 0 Å². The van der Waals surface area contributed by atoms with E-state index in [1.54, 1.807) is 22.9 Å². The van der Waals surface area contributed by atoms with E-state index in [0.717, 1.165) is 22.3 Å². The zero-order chi connectivity index (χ0) is 18.1. The number of hydrogen-bond donors (Lipinski definition) is 1. The van der Waals surface area contributed by atoms with Gasteiger partial charge in [0.05, 0.1) is 17.3 Å². The van der Waals surface area contributed by atoms with Crippen LogP contribution in [-0.2, 0) is 15.8 Å². The molecule has 0 amide bonds. The van der Waals surface area contributed by atoms with Crippen LogP contribution in [-0.4, -0.2) is 59.3 Å². The van der Waals surface area contributed by atoms with Crippen molar-refractivity contribution in [2.24, 2.45) is 0 Å². The number of likely N-dealkylation sites (N-methyl/N-ethyl adjacent to an activating group) is 1. The molecule has 1 N–H and O–H groups in total. The summed E-state index contributed by atoms with van der Waals surface area (Å²) in [5.41, 5.74) is 1.48. The van der Waals surface area contributed by atoms with E-state index in [4.69, 9.17) is 0 Å². The minimum absolute atomic E-state index is 0.0457. The number of rotatable bonds is 4. The Bertz CT molecular complexity index is 998. The Morgan fingerprint density at radius 3 is 2.81 bits per heavy atom. The van der Waals surface area contributed by atoms with Crippen LogP contribution in [0.25, 0.3) is 10.9 Å². The van der Waals surface area contributed by atoms with E-state index in [-0.39, 0.29) is 11.8 Å². The zero-order valence-electron chi connectivity index (χ0n) is 14.5. The predicted octanol–water partition coefficient (Wildman–Crippen LogP) is 1.78. The van der Waals surface area contributed by atoms with Crippen molar-refractivity contribution in [1.82, 2.24) is 24.2 Å². The normalized spacial score (nSPS) is 19.8. The van der Waals surface area contributed by atoms with Gasteiger partial charge < -0.3 is 4.98 Å². The van der Waals surface area contributed by atoms with Crippen molar-refractivity contribution >= 4 is 20.9 Å². The number of nitrogens with one attached hydrogen (secondary N) is 1. The van der Waals surface area contributed by atoms with Crippen LogP contribution in [0.4, 0.5) is 0 Å². The number of hydrogen-bond acceptors (Lipinski definition) is 5. The molecule has 3 aromatic rings. The third-order valence-electron chi connectivity index (χ3n) is 4.89. The highest BCUT2D eigenvalue weighted by atomic mass is 32.2. The molecule has 1 aliphatic rings. The Hall–Kier alpha value is -2.29. The van der Waals surface area contributed by atoms with Crippen LogP contribution in [0.2, 0.25) is 0 Å². The number of aromatic amines is 1. The van der Waals surface area contributed by atoms with E-state index in [2.05, 4.69) is 19.9 Å². The van der Waals surface area contributed by atoms with Gasteiger partial charge in [-0.15, -0.1) is 0 Å². The maximum atomic E-state index is 13.1. The Balaban J connectivity index is 1.60. The van der Waals surface area contributed by atoms with Crippen LogP contribution >= 0.6 is 0 Å². The molecule has 1 fully saturated rings. The highest BCUT2D eigenvalue weighted by Crippen LogP contribution is 2.25. The van der Waals surface area contributed by atoms with Crippen LogP contribution < -0.4 is 0 Å². The van der Waals surface area contributed by atoms with Crippen molar-refractivity contribution in [2.45, 2.75) is 11.8 Å². The molecule has 3 heterocycles. The van der Waals surface area contributed by atoms with Crippen molar-refractivity contribution in [3.8, 4) is 0 Å². The Morgan fingerprint density at radius 1 is 1.15 bits per heavy atom. The zero-order valence-corrected chi connectivity index (χ0v) is 15.4. The topological polar surface area (TPSA) is 82.2 Å². The first-order chi connectivity index (χ1) is 12.5. The minimum Gasteiger partial charge on any atom is -0.347 e. The van der Waals surface area contributed by atoms with E-state index >= 15 is 0 Å². The lowest BCUT2D eigenvalue weighted by molar-refractivity contribution is 0.142. The lowest BCUT2D eigenvalue weighted by Gasteiger charge is -2.37. The molecular formula is C18H21N5O2S. The molecule has 0 spiro atoms. The molecule has 0 unspecified atom stereocenters. The Morgan fingerprint density at radius 2 is 2.00 bits per heavy atom. The summed E-state index contributed by atoms with van der Waals surface area (Å²) in [6, 6.07) is 9.40. The van der Waals surface area contributed by atoms with Gasteiger partial charge in [-0.25, -0.2) is 13.4 Å². The lowest BCUT2D eigenvalue weighted by atomic mass is 10.1. The first-order valence-electron chi connectivity index (χ1n) is 8.54. The molecule has 4 rings (SSSR count). The summed E-state index contributed by atoms with van der Waals surface area (Å²) in [5, 5.41) is 0.951. The van der Waals surface area contributed by atoms with Gasteiger partial charge in [-0.2, -0.15) is 4.31 Å². The summed E-state index contributed by atoms with van der Waals surface area (Å²) in [6.45, 7) is 1.54. The highest BCUT2D eigenvalue weighted by molar-refractivity contribution is 7.88. The number of pyridine rings is 1. The van der Waals surface area contributed by atoms with Crippen molar-refractivity contribution < 1.29 is 8.42 Å². The fourth-order valence-corrected chi connectivity index (χ4v) is 4.96. The average Bonchev–Trinajstić information content (AvgIpc) is 3.16. The van der Waals surface area contributed by atoms with Crippen LogP contribution in [0, 0.1) is 0 Å². The largest absolute Gasteiger partial charge is 0.347 e. The molecule has 136 valence electrons. The summed E-state index contributed by atoms with van der Waals surface area (Å²) in [5.74, 6) is 0.745. The van der Waals surface area contributed by atoms with Gasteiger partial charge >= 0.3 is 0 Å². The molecule has 1 saturated heterocycles. The van der Waals surface area contributed by atoms with Crippen LogP contribution in [0.3, 0.4) is 0 Å². The van der Waals surface area contributed by atoms with E-state index < -0.39 is 10.0 Å². The first-order valence-corrected chi connectivity index (χ1v) is 10.2. The van der Waals surface area contributed by atoms with Crippen LogP contribution in [0.15, 0.2) is 48.9 Å². The summed E-state index contributed by atoms with van der Waals surface area (Å²) in [6.07, 6.45) is 5.15. The monoisotopic (exact) mass is 371 g/mol. The average molecular weight is 371 g/mol. The molecule has 0 bridgehead atoms. The number of piperazine rings is 1. The third kappa shape index (κ3) is 3.23. The number of para-hydroxylation sites is 1. The van der Waals surface area contributed by atoms with Crippen molar-refractivity contribution in [3.05, 3.63) is 60.3 Å². The summed E-state index contributed by atoms with van der Waals surface area (Å²) >= 11 is 0. The number of imidazole rings is 1. The molecule has 1 aliphatic heterocycles. The molecule has 2 aromatic heterocycles. The molecule has 26 heavy (non-hydrogen) atoms. The molecular weight excluding hydrogens is 350 g/mol. The minimum atomic E-state index is -3.45. The third-order valence-corrected chi connectivity index (χ3v) is 6.69. The number of sulfonamides is 1. The molecule has 0 radical (unpaired) electrons. The quantitative estimate of drug-likeness (QED) is 0.756. The number of nitrogens with zero attached hydrogens (tertiary/aromatic N) is 4. The smallest absolute Gasteiger partial charge is 0.218 e. The van der Waals surface area contributed by atoms with E-state index in [1.807, 2.05) is 37.4 Å². The first kappa shape index (κ1) is 17.1. The molecule has 0 aliphatic carbocycles. The summed E-state index contributed by atoms with van der Waals surface area (Å²) in [7, 11) is -1.46. The molecule has 1 aromatic carbocycles. The van der Waals surface area contributed by atoms with Gasteiger partial charge in [0.1, 0.15) is 5.82 Å². The number of H-pyrrole nitrogens is 1. The fraction of sp³-hybridized carbons (Fsp3) is 0.333. The van der Waals surface area contributed by atoms with Crippen molar-refractivity contribution in [2.75, 3.05) is 26.7 Å². The summed E-state index contributed by atoms with van der Waals surface area (Å²) in [4.78, 5) is 13.9. The second-order valence-corrected chi connectivity index (χ2v) is 8.55. The van der Waals surface area contributed by atoms with E-state index in [9.17, 15) is 8.42 Å². The predicted molar refractivity (Wildman–Crippen MR) is 99.9 cm³/mol. The van der Waals surface area contributed by atoms with Gasteiger partial charge in [-0.3, -0.25) is 9.88 Å². The van der Waals surface area contributed by atoms with Gasteiger partial charge in [0.15, 0.2) is 0 Å². The SMILES string of the molecule is CN1CCN(S(=O)(=O)Cc2cccc3cccnc23)C[C@@H]1c1ncc[nH]1. The standard InChI is InChI=1S/C18H21N5O2S/c1-22-10-11-23(12-16(22)18-20-8-9-21-18)26(24,25)13-15-5-2-4-14-6-3-7-19-17(14)15/h2-9,16H,10-13H2,1H3,(H,20,21)/t16-/m1/s1. The molecule has 0 saturated carbocycles. The Kier molecular flexibility index (Phi) is 4.47. The number of benzene rings is 1. The molecule has 1 atom stereocenters. The van der Waals surface area contributed by atoms with Gasteiger partial charge in [0.2, 0.25) is 10.0 Å². The second-order valence-electron chi connectivity index (χ2n) is 6.58. The van der Waals surface area contributed by atoms with E-state index in [0.29, 0.717) is 19.6 Å². The molecule has 7 nitrogen and oxygen atoms in total. The van der Waals surface area contributed by atoms with Gasteiger partial charge in [0, 0.05) is 43.6 Å². The van der Waals surface area contributed by atoms with Crippen LogP contribution in [0.1, 0.15) is 17.4 Å². The lowest BCUT2D eigenvalue weighted by Crippen LogP contribution is -2.49. The highest BCUT2D eigenvalue weighted by Gasteiger charge is 2.33. The second kappa shape index (κ2) is 6.79. The maximum absolute atomic E-state index is 13.1. The maximum Gasteiger partial charge on any atom is 0.218 e.